The first kappa shape index (κ1) is 25.8. The van der Waals surface area contributed by atoms with Crippen molar-refractivity contribution in [2.24, 2.45) is 4.99 Å². The van der Waals surface area contributed by atoms with E-state index in [1.54, 1.807) is 11.0 Å². The van der Waals surface area contributed by atoms with Crippen LogP contribution in [0, 0.1) is 5.82 Å². The normalized spacial score (nSPS) is 19.1. The van der Waals surface area contributed by atoms with E-state index in [-0.39, 0.29) is 23.8 Å². The first-order valence-corrected chi connectivity index (χ1v) is 12.6. The number of halogens is 3. The van der Waals surface area contributed by atoms with E-state index in [9.17, 15) is 22.8 Å². The molecule has 2 aromatic carbocycles. The molecule has 1 fully saturated rings. The number of hydrogen-bond donors (Lipinski definition) is 1. The number of allylic oxidation sites excluding steroid dienone is 1. The summed E-state index contributed by atoms with van der Waals surface area (Å²) in [6.07, 6.45) is 7.11. The van der Waals surface area contributed by atoms with Gasteiger partial charge in [-0.15, -0.1) is 0 Å². The summed E-state index contributed by atoms with van der Waals surface area (Å²) in [7, 11) is 0. The number of anilines is 1. The Hall–Kier alpha value is -3.27. The summed E-state index contributed by atoms with van der Waals surface area (Å²) in [5, 5.41) is 2.24. The second-order valence-corrected chi connectivity index (χ2v) is 9.62. The maximum absolute atomic E-state index is 13.9. The van der Waals surface area contributed by atoms with Gasteiger partial charge in [-0.25, -0.2) is 9.38 Å². The van der Waals surface area contributed by atoms with Crippen molar-refractivity contribution in [1.29, 1.82) is 0 Å². The first-order valence-electron chi connectivity index (χ1n) is 11.7. The van der Waals surface area contributed by atoms with E-state index < -0.39 is 23.6 Å². The third kappa shape index (κ3) is 6.90. The molecule has 10 heteroatoms. The Labute approximate surface area is 211 Å². The van der Waals surface area contributed by atoms with Gasteiger partial charge in [0.15, 0.2) is 5.17 Å². The molecule has 2 amide bonds. The first-order chi connectivity index (χ1) is 17.4. The maximum atomic E-state index is 13.9. The van der Waals surface area contributed by atoms with E-state index in [2.05, 4.69) is 21.1 Å². The van der Waals surface area contributed by atoms with E-state index in [1.807, 2.05) is 0 Å². The minimum atomic E-state index is -2.92. The van der Waals surface area contributed by atoms with Gasteiger partial charge in [-0.3, -0.25) is 14.5 Å². The van der Waals surface area contributed by atoms with Crippen molar-refractivity contribution in [3.8, 4) is 5.75 Å². The minimum Gasteiger partial charge on any atom is -0.435 e. The summed E-state index contributed by atoms with van der Waals surface area (Å²) in [6.45, 7) is -2.50. The molecule has 0 spiro atoms. The number of hydrogen-bond acceptors (Lipinski definition) is 5. The molecular formula is C26H26F3N3O3S. The van der Waals surface area contributed by atoms with Crippen molar-refractivity contribution < 1.29 is 27.5 Å². The number of rotatable bonds is 9. The summed E-state index contributed by atoms with van der Waals surface area (Å²) in [5.74, 6) is -1.26. The van der Waals surface area contributed by atoms with Gasteiger partial charge in [0.1, 0.15) is 16.8 Å². The van der Waals surface area contributed by atoms with Gasteiger partial charge in [-0.05, 0) is 68.5 Å². The number of aliphatic imine (C=N–C) groups is 1. The zero-order valence-electron chi connectivity index (χ0n) is 19.5. The molecule has 0 unspecified atom stereocenters. The zero-order chi connectivity index (χ0) is 25.5. The molecule has 2 aromatic rings. The number of benzene rings is 2. The summed E-state index contributed by atoms with van der Waals surface area (Å²) in [4.78, 5) is 32.0. The van der Waals surface area contributed by atoms with Crippen LogP contribution in [0.25, 0.3) is 0 Å². The lowest BCUT2D eigenvalue weighted by atomic mass is 9.97. The molecule has 0 radical (unpaired) electrons. The topological polar surface area (TPSA) is 71.0 Å². The van der Waals surface area contributed by atoms with E-state index >= 15 is 0 Å². The predicted octanol–water partition coefficient (Wildman–Crippen LogP) is 6.28. The number of carbonyl (C=O) groups excluding carboxylic acids is 2. The fourth-order valence-corrected chi connectivity index (χ4v) is 5.25. The SMILES string of the molecule is O=C(C[C@@H]1SC(=Nc2ccc(OC(F)F)cc2)N(CCC2=CCCCC2)C1=O)Nc1ccccc1F. The number of carbonyl (C=O) groups is 2. The molecule has 1 saturated heterocycles. The molecule has 4 rings (SSSR count). The van der Waals surface area contributed by atoms with E-state index in [0.717, 1.165) is 19.3 Å². The third-order valence-corrected chi connectivity index (χ3v) is 7.04. The molecule has 1 aliphatic heterocycles. The summed E-state index contributed by atoms with van der Waals surface area (Å²) in [6, 6.07) is 11.6. The molecule has 0 saturated carbocycles. The van der Waals surface area contributed by atoms with Crippen LogP contribution in [0.1, 0.15) is 38.5 Å². The van der Waals surface area contributed by atoms with Crippen LogP contribution >= 0.6 is 11.8 Å². The Kier molecular flexibility index (Phi) is 8.69. The molecule has 1 heterocycles. The van der Waals surface area contributed by atoms with Gasteiger partial charge in [-0.1, -0.05) is 35.5 Å². The van der Waals surface area contributed by atoms with Gasteiger partial charge in [0, 0.05) is 13.0 Å². The number of thioether (sulfide) groups is 1. The number of amides is 2. The number of alkyl halides is 2. The molecule has 0 aromatic heterocycles. The van der Waals surface area contributed by atoms with E-state index in [0.29, 0.717) is 23.8 Å². The van der Waals surface area contributed by atoms with Gasteiger partial charge in [0.05, 0.1) is 11.4 Å². The van der Waals surface area contributed by atoms with Crippen molar-refractivity contribution in [1.82, 2.24) is 4.90 Å². The van der Waals surface area contributed by atoms with Crippen LogP contribution in [-0.4, -0.2) is 40.3 Å². The highest BCUT2D eigenvalue weighted by Crippen LogP contribution is 2.33. The molecule has 6 nitrogen and oxygen atoms in total. The Morgan fingerprint density at radius 3 is 2.64 bits per heavy atom. The average molecular weight is 518 g/mol. The highest BCUT2D eigenvalue weighted by Gasteiger charge is 2.39. The molecule has 36 heavy (non-hydrogen) atoms. The number of amidine groups is 1. The van der Waals surface area contributed by atoms with Gasteiger partial charge in [0.25, 0.3) is 0 Å². The Morgan fingerprint density at radius 1 is 1.17 bits per heavy atom. The average Bonchev–Trinajstić information content (AvgIpc) is 3.14. The highest BCUT2D eigenvalue weighted by atomic mass is 32.2. The molecule has 0 bridgehead atoms. The second kappa shape index (κ2) is 12.1. The minimum absolute atomic E-state index is 0.00730. The van der Waals surface area contributed by atoms with Crippen LogP contribution in [0.3, 0.4) is 0 Å². The quantitative estimate of drug-likeness (QED) is 0.398. The van der Waals surface area contributed by atoms with Gasteiger partial charge >= 0.3 is 6.61 Å². The van der Waals surface area contributed by atoms with Crippen molar-refractivity contribution >= 4 is 40.1 Å². The fraction of sp³-hybridized carbons (Fsp3) is 0.346. The standard InChI is InChI=1S/C26H26F3N3O3S/c27-20-8-4-5-9-21(20)31-23(33)16-22-24(34)32(15-14-17-6-2-1-3-7-17)26(36-22)30-18-10-12-19(13-11-18)35-25(28)29/h4-6,8-13,22,25H,1-3,7,14-16H2,(H,31,33)/t22-/m0/s1. The van der Waals surface area contributed by atoms with Gasteiger partial charge < -0.3 is 10.1 Å². The van der Waals surface area contributed by atoms with E-state index in [4.69, 9.17) is 0 Å². The zero-order valence-corrected chi connectivity index (χ0v) is 20.3. The second-order valence-electron chi connectivity index (χ2n) is 8.45. The summed E-state index contributed by atoms with van der Waals surface area (Å²) in [5.41, 5.74) is 1.82. The van der Waals surface area contributed by atoms with Crippen LogP contribution in [0.15, 0.2) is 65.2 Å². The molecule has 190 valence electrons. The Morgan fingerprint density at radius 2 is 1.94 bits per heavy atom. The van der Waals surface area contributed by atoms with Crippen LogP contribution in [0.2, 0.25) is 0 Å². The maximum Gasteiger partial charge on any atom is 0.387 e. The molecule has 1 atom stereocenters. The Balaban J connectivity index is 1.49. The van der Waals surface area contributed by atoms with E-state index in [1.165, 1.54) is 66.2 Å². The number of ether oxygens (including phenoxy) is 1. The van der Waals surface area contributed by atoms with Crippen molar-refractivity contribution in [3.05, 3.63) is 66.0 Å². The highest BCUT2D eigenvalue weighted by molar-refractivity contribution is 8.15. The lowest BCUT2D eigenvalue weighted by Gasteiger charge is -2.19. The third-order valence-electron chi connectivity index (χ3n) is 5.87. The van der Waals surface area contributed by atoms with Crippen LogP contribution in [-0.2, 0) is 9.59 Å². The van der Waals surface area contributed by atoms with Crippen LogP contribution < -0.4 is 10.1 Å². The van der Waals surface area contributed by atoms with Crippen LogP contribution in [0.4, 0.5) is 24.5 Å². The largest absolute Gasteiger partial charge is 0.435 e. The Bertz CT molecular complexity index is 1150. The predicted molar refractivity (Wildman–Crippen MR) is 134 cm³/mol. The molecular weight excluding hydrogens is 491 g/mol. The summed E-state index contributed by atoms with van der Waals surface area (Å²) >= 11 is 1.17. The lowest BCUT2D eigenvalue weighted by molar-refractivity contribution is -0.128. The molecule has 1 aliphatic carbocycles. The number of nitrogens with zero attached hydrogens (tertiary/aromatic N) is 2. The van der Waals surface area contributed by atoms with Crippen molar-refractivity contribution in [2.75, 3.05) is 11.9 Å². The number of nitrogens with one attached hydrogen (secondary N) is 1. The molecule has 1 N–H and O–H groups in total. The number of para-hydroxylation sites is 1. The molecule has 2 aliphatic rings. The smallest absolute Gasteiger partial charge is 0.387 e. The fourth-order valence-electron chi connectivity index (χ4n) is 4.06. The van der Waals surface area contributed by atoms with Crippen molar-refractivity contribution in [2.45, 2.75) is 50.4 Å². The summed E-state index contributed by atoms with van der Waals surface area (Å²) < 4.78 is 43.1. The van der Waals surface area contributed by atoms with Gasteiger partial charge in [-0.2, -0.15) is 8.78 Å². The monoisotopic (exact) mass is 517 g/mol. The lowest BCUT2D eigenvalue weighted by Crippen LogP contribution is -2.34. The van der Waals surface area contributed by atoms with Gasteiger partial charge in [0.2, 0.25) is 11.8 Å². The van der Waals surface area contributed by atoms with Crippen molar-refractivity contribution in [3.63, 3.8) is 0 Å². The van der Waals surface area contributed by atoms with Crippen LogP contribution in [0.5, 0.6) is 5.75 Å².